The van der Waals surface area contributed by atoms with Gasteiger partial charge in [0.05, 0.1) is 37.6 Å². The molecular formula is C12H8Cl2N4O7. The highest BCUT2D eigenvalue weighted by molar-refractivity contribution is 6.35. The molecule has 2 aromatic carbocycles. The number of nitro benzene ring substituents is 3. The number of phenols is 1. The molecule has 0 radical (unpaired) electrons. The largest absolute Gasteiger partial charge is 0.497 e. The van der Waals surface area contributed by atoms with Gasteiger partial charge in [-0.25, -0.2) is 0 Å². The van der Waals surface area contributed by atoms with Crippen molar-refractivity contribution in [2.75, 3.05) is 5.73 Å². The van der Waals surface area contributed by atoms with Crippen LogP contribution < -0.4 is 5.73 Å². The second-order valence-electron chi connectivity index (χ2n) is 4.27. The summed E-state index contributed by atoms with van der Waals surface area (Å²) in [6.45, 7) is 0. The number of hydrogen-bond donors (Lipinski definition) is 2. The lowest BCUT2D eigenvalue weighted by Gasteiger charge is -1.97. The van der Waals surface area contributed by atoms with Gasteiger partial charge in [0.2, 0.25) is 0 Å². The molecule has 3 N–H and O–H groups in total. The summed E-state index contributed by atoms with van der Waals surface area (Å²) in [5.74, 6) is -1.21. The van der Waals surface area contributed by atoms with Crippen LogP contribution in [0.15, 0.2) is 30.3 Å². The number of anilines is 1. The zero-order chi connectivity index (χ0) is 19.3. The van der Waals surface area contributed by atoms with E-state index in [0.29, 0.717) is 27.9 Å². The van der Waals surface area contributed by atoms with Crippen LogP contribution in [-0.4, -0.2) is 19.9 Å². The van der Waals surface area contributed by atoms with Crippen LogP contribution in [0, 0.1) is 30.3 Å². The third-order valence-corrected chi connectivity index (χ3v) is 3.20. The van der Waals surface area contributed by atoms with E-state index < -0.39 is 37.6 Å². The number of hydrogen-bond acceptors (Lipinski definition) is 8. The first kappa shape index (κ1) is 19.9. The first-order valence-electron chi connectivity index (χ1n) is 6.05. The maximum Gasteiger partial charge on any atom is 0.324 e. The smallest absolute Gasteiger partial charge is 0.324 e. The number of nitrogen functional groups attached to an aromatic ring is 1. The van der Waals surface area contributed by atoms with E-state index in [0.717, 1.165) is 0 Å². The number of rotatable bonds is 3. The summed E-state index contributed by atoms with van der Waals surface area (Å²) in [4.78, 5) is 27.8. The average molecular weight is 391 g/mol. The van der Waals surface area contributed by atoms with Crippen LogP contribution >= 0.6 is 23.2 Å². The van der Waals surface area contributed by atoms with Crippen molar-refractivity contribution in [3.05, 3.63) is 70.7 Å². The van der Waals surface area contributed by atoms with Crippen LogP contribution in [-0.2, 0) is 0 Å². The van der Waals surface area contributed by atoms with Crippen LogP contribution in [0.2, 0.25) is 10.0 Å². The lowest BCUT2D eigenvalue weighted by molar-refractivity contribution is -0.404. The fraction of sp³-hybridized carbons (Fsp3) is 0. The molecule has 0 fully saturated rings. The maximum atomic E-state index is 10.4. The third-order valence-electron chi connectivity index (χ3n) is 2.62. The van der Waals surface area contributed by atoms with Gasteiger partial charge >= 0.3 is 11.4 Å². The van der Waals surface area contributed by atoms with Gasteiger partial charge in [0.15, 0.2) is 0 Å². The van der Waals surface area contributed by atoms with Crippen molar-refractivity contribution >= 4 is 46.0 Å². The Labute approximate surface area is 148 Å². The van der Waals surface area contributed by atoms with Crippen molar-refractivity contribution in [3.63, 3.8) is 0 Å². The molecule has 25 heavy (non-hydrogen) atoms. The Balaban J connectivity index is 0.000000293. The zero-order valence-electron chi connectivity index (χ0n) is 12.0. The molecular weight excluding hydrogens is 383 g/mol. The molecule has 2 rings (SSSR count). The van der Waals surface area contributed by atoms with Gasteiger partial charge in [-0.1, -0.05) is 23.2 Å². The highest BCUT2D eigenvalue weighted by atomic mass is 35.5. The first-order valence-corrected chi connectivity index (χ1v) is 6.81. The van der Waals surface area contributed by atoms with E-state index in [1.807, 2.05) is 0 Å². The summed E-state index contributed by atoms with van der Waals surface area (Å²) in [7, 11) is 0. The standard InChI is InChI=1S/C6H5Cl2N.C6H3N3O7/c7-4-1-2-5(8)6(9)3-4;10-6-4(8(13)14)1-3(7(11)12)2-5(6)9(15)16/h1-3H,9H2;1-2,10H. The summed E-state index contributed by atoms with van der Waals surface area (Å²) in [6.07, 6.45) is 0. The zero-order valence-corrected chi connectivity index (χ0v) is 13.5. The van der Waals surface area contributed by atoms with Crippen molar-refractivity contribution in [3.8, 4) is 5.75 Å². The highest BCUT2D eigenvalue weighted by Gasteiger charge is 2.30. The summed E-state index contributed by atoms with van der Waals surface area (Å²) in [6, 6.07) is 5.87. The Kier molecular flexibility index (Phi) is 6.42. The number of aromatic hydroxyl groups is 1. The van der Waals surface area contributed by atoms with Crippen LogP contribution in [0.5, 0.6) is 5.75 Å². The minimum atomic E-state index is -1.21. The monoisotopic (exact) mass is 390 g/mol. The SMILES string of the molecule is Nc1cc(Cl)ccc1Cl.O=[N+]([O-])c1cc([N+](=O)[O-])c(O)c([N+](=O)[O-])c1. The molecule has 0 bridgehead atoms. The fourth-order valence-corrected chi connectivity index (χ4v) is 1.79. The average Bonchev–Trinajstić information content (AvgIpc) is 2.51. The normalized spacial score (nSPS) is 9.68. The van der Waals surface area contributed by atoms with Gasteiger partial charge in [-0.3, -0.25) is 30.3 Å². The van der Waals surface area contributed by atoms with Crippen LogP contribution in [0.3, 0.4) is 0 Å². The van der Waals surface area contributed by atoms with Gasteiger partial charge in [-0.2, -0.15) is 0 Å². The molecule has 0 aliphatic carbocycles. The molecule has 11 nitrogen and oxygen atoms in total. The van der Waals surface area contributed by atoms with E-state index in [1.165, 1.54) is 0 Å². The minimum absolute atomic E-state index is 0.447. The van der Waals surface area contributed by atoms with Gasteiger partial charge in [-0.05, 0) is 18.2 Å². The van der Waals surface area contributed by atoms with Crippen LogP contribution in [0.4, 0.5) is 22.7 Å². The summed E-state index contributed by atoms with van der Waals surface area (Å²) < 4.78 is 0. The van der Waals surface area contributed by atoms with Crippen molar-refractivity contribution in [2.45, 2.75) is 0 Å². The predicted molar refractivity (Wildman–Crippen MR) is 88.9 cm³/mol. The van der Waals surface area contributed by atoms with Gasteiger partial charge in [-0.15, -0.1) is 0 Å². The summed E-state index contributed by atoms with van der Waals surface area (Å²) in [5, 5.41) is 41.4. The topological polar surface area (TPSA) is 176 Å². The molecule has 0 spiro atoms. The first-order chi connectivity index (χ1) is 11.5. The van der Waals surface area contributed by atoms with Crippen molar-refractivity contribution in [1.29, 1.82) is 0 Å². The number of nitro groups is 3. The molecule has 0 saturated carbocycles. The maximum absolute atomic E-state index is 10.4. The highest BCUT2D eigenvalue weighted by Crippen LogP contribution is 2.38. The Morgan fingerprint density at radius 2 is 1.36 bits per heavy atom. The minimum Gasteiger partial charge on any atom is -0.497 e. The quantitative estimate of drug-likeness (QED) is 0.452. The van der Waals surface area contributed by atoms with Gasteiger partial charge in [0, 0.05) is 5.02 Å². The van der Waals surface area contributed by atoms with Crippen LogP contribution in [0.25, 0.3) is 0 Å². The van der Waals surface area contributed by atoms with E-state index in [-0.39, 0.29) is 0 Å². The summed E-state index contributed by atoms with van der Waals surface area (Å²) in [5.41, 5.74) is 2.92. The van der Waals surface area contributed by atoms with Gasteiger partial charge < -0.3 is 10.8 Å². The van der Waals surface area contributed by atoms with Crippen LogP contribution in [0.1, 0.15) is 0 Å². The fourth-order valence-electron chi connectivity index (χ4n) is 1.49. The number of non-ortho nitro benzene ring substituents is 1. The van der Waals surface area contributed by atoms with E-state index in [4.69, 9.17) is 34.0 Å². The van der Waals surface area contributed by atoms with Crippen molar-refractivity contribution < 1.29 is 19.9 Å². The molecule has 0 atom stereocenters. The Bertz CT molecular complexity index is 824. The molecule has 0 amide bonds. The summed E-state index contributed by atoms with van der Waals surface area (Å²) >= 11 is 11.2. The molecule has 0 unspecified atom stereocenters. The molecule has 132 valence electrons. The van der Waals surface area contributed by atoms with E-state index in [9.17, 15) is 30.3 Å². The van der Waals surface area contributed by atoms with E-state index in [1.54, 1.807) is 18.2 Å². The number of nitrogens with two attached hydrogens (primary N) is 1. The van der Waals surface area contributed by atoms with E-state index in [2.05, 4.69) is 0 Å². The molecule has 0 saturated heterocycles. The number of phenolic OH excluding ortho intramolecular Hbond substituents is 1. The second kappa shape index (κ2) is 8.08. The lowest BCUT2D eigenvalue weighted by atomic mass is 10.2. The van der Waals surface area contributed by atoms with Gasteiger partial charge in [0.25, 0.3) is 11.4 Å². The Morgan fingerprint density at radius 1 is 0.880 bits per heavy atom. The molecule has 13 heteroatoms. The number of nitrogens with zero attached hydrogens (tertiary/aromatic N) is 3. The molecule has 2 aromatic rings. The Morgan fingerprint density at radius 3 is 1.68 bits per heavy atom. The predicted octanol–water partition coefficient (Wildman–Crippen LogP) is 3.69. The third kappa shape index (κ3) is 5.16. The number of halogens is 2. The second-order valence-corrected chi connectivity index (χ2v) is 5.11. The molecule has 0 aromatic heterocycles. The van der Waals surface area contributed by atoms with Crippen molar-refractivity contribution in [1.82, 2.24) is 0 Å². The molecule has 0 aliphatic heterocycles. The number of benzene rings is 2. The lowest BCUT2D eigenvalue weighted by Crippen LogP contribution is -1.97. The van der Waals surface area contributed by atoms with Crippen molar-refractivity contribution in [2.24, 2.45) is 0 Å². The molecule has 0 aliphatic rings. The van der Waals surface area contributed by atoms with Gasteiger partial charge in [0.1, 0.15) is 0 Å². The Hall–Kier alpha value is -3.18. The molecule has 0 heterocycles. The van der Waals surface area contributed by atoms with E-state index >= 15 is 0 Å².